The molecule has 1 atom stereocenters. The highest BCUT2D eigenvalue weighted by atomic mass is 32.2. The van der Waals surface area contributed by atoms with Gasteiger partial charge in [0.15, 0.2) is 0 Å². The van der Waals surface area contributed by atoms with Gasteiger partial charge in [-0.25, -0.2) is 8.42 Å². The number of nitrogens with zero attached hydrogens (tertiary/aromatic N) is 1. The van der Waals surface area contributed by atoms with Gasteiger partial charge in [0.1, 0.15) is 17.0 Å². The maximum absolute atomic E-state index is 12.0. The molecule has 0 aliphatic carbocycles. The lowest BCUT2D eigenvalue weighted by atomic mass is 10.1. The first-order chi connectivity index (χ1) is 8.83. The Kier molecular flexibility index (Phi) is 4.61. The van der Waals surface area contributed by atoms with E-state index < -0.39 is 28.6 Å². The number of aryl methyl sites for hydroxylation is 1. The number of sulfonamides is 1. The Labute approximate surface area is 110 Å². The molecule has 0 saturated carbocycles. The van der Waals surface area contributed by atoms with Crippen LogP contribution < -0.4 is 4.72 Å². The second kappa shape index (κ2) is 5.79. The van der Waals surface area contributed by atoms with E-state index in [1.54, 1.807) is 19.1 Å². The molecular weight excluding hydrogens is 272 g/mol. The molecule has 19 heavy (non-hydrogen) atoms. The summed E-state index contributed by atoms with van der Waals surface area (Å²) in [7, 11) is -4.20. The van der Waals surface area contributed by atoms with E-state index in [0.29, 0.717) is 5.56 Å². The number of nitrogens with one attached hydrogen (secondary N) is 1. The highest BCUT2D eigenvalue weighted by molar-refractivity contribution is 7.89. The van der Waals surface area contributed by atoms with Crippen LogP contribution >= 0.6 is 0 Å². The summed E-state index contributed by atoms with van der Waals surface area (Å²) >= 11 is 0. The second-order valence-corrected chi connectivity index (χ2v) is 5.44. The maximum Gasteiger partial charge on any atom is 0.324 e. The minimum absolute atomic E-state index is 0.0583. The summed E-state index contributed by atoms with van der Waals surface area (Å²) < 4.78 is 25.8. The van der Waals surface area contributed by atoms with Crippen molar-refractivity contribution in [3.05, 3.63) is 29.3 Å². The molecule has 0 bridgehead atoms. The molecule has 0 radical (unpaired) electrons. The number of aliphatic hydroxyl groups is 1. The van der Waals surface area contributed by atoms with Crippen molar-refractivity contribution in [2.75, 3.05) is 6.61 Å². The van der Waals surface area contributed by atoms with E-state index in [-0.39, 0.29) is 10.5 Å². The van der Waals surface area contributed by atoms with E-state index in [0.717, 1.165) is 0 Å². The fourth-order valence-corrected chi connectivity index (χ4v) is 2.83. The van der Waals surface area contributed by atoms with E-state index >= 15 is 0 Å². The topological polar surface area (TPSA) is 127 Å². The number of nitriles is 1. The lowest BCUT2D eigenvalue weighted by molar-refractivity contribution is -0.139. The molecule has 0 heterocycles. The molecule has 0 spiro atoms. The van der Waals surface area contributed by atoms with Gasteiger partial charge in [-0.15, -0.1) is 0 Å². The Bertz CT molecular complexity index is 633. The van der Waals surface area contributed by atoms with Crippen LogP contribution in [-0.4, -0.2) is 37.2 Å². The van der Waals surface area contributed by atoms with Crippen molar-refractivity contribution in [3.8, 4) is 6.07 Å². The normalized spacial score (nSPS) is 12.7. The van der Waals surface area contributed by atoms with Crippen LogP contribution in [0.5, 0.6) is 0 Å². The molecule has 7 nitrogen and oxygen atoms in total. The molecule has 0 aliphatic rings. The Morgan fingerprint density at radius 3 is 2.63 bits per heavy atom. The van der Waals surface area contributed by atoms with Gasteiger partial charge >= 0.3 is 5.97 Å². The number of benzene rings is 1. The van der Waals surface area contributed by atoms with Crippen molar-refractivity contribution < 1.29 is 23.4 Å². The molecule has 1 aromatic carbocycles. The summed E-state index contributed by atoms with van der Waals surface area (Å²) in [5.41, 5.74) is 0.401. The van der Waals surface area contributed by atoms with Gasteiger partial charge in [0, 0.05) is 0 Å². The molecule has 1 aromatic rings. The van der Waals surface area contributed by atoms with Gasteiger partial charge in [-0.3, -0.25) is 4.79 Å². The van der Waals surface area contributed by atoms with Crippen molar-refractivity contribution in [2.24, 2.45) is 0 Å². The molecule has 3 N–H and O–H groups in total. The van der Waals surface area contributed by atoms with Crippen LogP contribution in [0.25, 0.3) is 0 Å². The van der Waals surface area contributed by atoms with Crippen LogP contribution in [0, 0.1) is 18.3 Å². The summed E-state index contributed by atoms with van der Waals surface area (Å²) in [6.45, 7) is 0.681. The van der Waals surface area contributed by atoms with Gasteiger partial charge in [0.05, 0.1) is 12.2 Å². The largest absolute Gasteiger partial charge is 0.480 e. The predicted octanol–water partition coefficient (Wildman–Crippen LogP) is -0.410. The van der Waals surface area contributed by atoms with Crippen molar-refractivity contribution in [1.82, 2.24) is 4.72 Å². The van der Waals surface area contributed by atoms with Crippen LogP contribution in [0.1, 0.15) is 11.1 Å². The quantitative estimate of drug-likeness (QED) is 0.674. The maximum atomic E-state index is 12.0. The fourth-order valence-electron chi connectivity index (χ4n) is 1.42. The van der Waals surface area contributed by atoms with Gasteiger partial charge in [0.2, 0.25) is 10.0 Å². The Morgan fingerprint density at radius 2 is 2.16 bits per heavy atom. The number of hydrogen-bond donors (Lipinski definition) is 3. The summed E-state index contributed by atoms with van der Waals surface area (Å²) in [4.78, 5) is 10.4. The molecule has 0 amide bonds. The molecule has 0 aliphatic heterocycles. The molecule has 8 heteroatoms. The minimum Gasteiger partial charge on any atom is -0.480 e. The van der Waals surface area contributed by atoms with Gasteiger partial charge in [-0.05, 0) is 18.6 Å². The van der Waals surface area contributed by atoms with Crippen molar-refractivity contribution in [3.63, 3.8) is 0 Å². The van der Waals surface area contributed by atoms with Crippen molar-refractivity contribution in [1.29, 1.82) is 5.26 Å². The molecule has 1 rings (SSSR count). The number of aliphatic hydroxyl groups excluding tert-OH is 1. The summed E-state index contributed by atoms with van der Waals surface area (Å²) in [5, 5.41) is 26.5. The van der Waals surface area contributed by atoms with E-state index in [4.69, 9.17) is 15.5 Å². The number of carboxylic acids is 1. The van der Waals surface area contributed by atoms with Crippen LogP contribution in [0.15, 0.2) is 23.1 Å². The predicted molar refractivity (Wildman–Crippen MR) is 64.7 cm³/mol. The molecule has 0 aromatic heterocycles. The first-order valence-corrected chi connectivity index (χ1v) is 6.67. The number of rotatable bonds is 5. The SMILES string of the molecule is Cc1cccc(S(=O)(=O)N[C@H](CO)C(=O)O)c1C#N. The van der Waals surface area contributed by atoms with Gasteiger partial charge in [-0.1, -0.05) is 12.1 Å². The summed E-state index contributed by atoms with van der Waals surface area (Å²) in [5.74, 6) is -1.50. The Balaban J connectivity index is 3.26. The zero-order chi connectivity index (χ0) is 14.6. The smallest absolute Gasteiger partial charge is 0.324 e. The first kappa shape index (κ1) is 15.1. The number of aliphatic carboxylic acids is 1. The molecule has 0 unspecified atom stereocenters. The lowest BCUT2D eigenvalue weighted by Crippen LogP contribution is -2.43. The van der Waals surface area contributed by atoms with Gasteiger partial charge < -0.3 is 10.2 Å². The van der Waals surface area contributed by atoms with Crippen molar-refractivity contribution >= 4 is 16.0 Å². The third-order valence-electron chi connectivity index (χ3n) is 2.41. The highest BCUT2D eigenvalue weighted by Crippen LogP contribution is 2.18. The molecule has 0 saturated heterocycles. The molecule has 0 fully saturated rings. The van der Waals surface area contributed by atoms with Crippen molar-refractivity contribution in [2.45, 2.75) is 17.9 Å². The number of carboxylic acid groups (broad SMARTS) is 1. The third kappa shape index (κ3) is 3.29. The zero-order valence-electron chi connectivity index (χ0n) is 9.99. The van der Waals surface area contributed by atoms with Crippen LogP contribution in [0.4, 0.5) is 0 Å². The van der Waals surface area contributed by atoms with E-state index in [9.17, 15) is 13.2 Å². The molecule has 102 valence electrons. The van der Waals surface area contributed by atoms with Crippen LogP contribution in [-0.2, 0) is 14.8 Å². The number of hydrogen-bond acceptors (Lipinski definition) is 5. The van der Waals surface area contributed by atoms with E-state index in [2.05, 4.69) is 0 Å². The van der Waals surface area contributed by atoms with E-state index in [1.807, 2.05) is 4.72 Å². The number of carbonyl (C=O) groups is 1. The second-order valence-electron chi connectivity index (χ2n) is 3.75. The highest BCUT2D eigenvalue weighted by Gasteiger charge is 2.27. The van der Waals surface area contributed by atoms with E-state index in [1.165, 1.54) is 12.1 Å². The third-order valence-corrected chi connectivity index (χ3v) is 3.93. The first-order valence-electron chi connectivity index (χ1n) is 5.19. The van der Waals surface area contributed by atoms with Gasteiger partial charge in [0.25, 0.3) is 0 Å². The Hall–Kier alpha value is -1.95. The lowest BCUT2D eigenvalue weighted by Gasteiger charge is -2.13. The summed E-state index contributed by atoms with van der Waals surface area (Å²) in [6.07, 6.45) is 0. The minimum atomic E-state index is -4.20. The fraction of sp³-hybridized carbons (Fsp3) is 0.273. The summed E-state index contributed by atoms with van der Waals surface area (Å²) in [6, 6.07) is 4.32. The van der Waals surface area contributed by atoms with Gasteiger partial charge in [-0.2, -0.15) is 9.98 Å². The monoisotopic (exact) mass is 284 g/mol. The van der Waals surface area contributed by atoms with Crippen LogP contribution in [0.2, 0.25) is 0 Å². The average Bonchev–Trinajstić information content (AvgIpc) is 2.35. The molecular formula is C11H12N2O5S. The Morgan fingerprint density at radius 1 is 1.53 bits per heavy atom. The van der Waals surface area contributed by atoms with Crippen LogP contribution in [0.3, 0.4) is 0 Å². The standard InChI is InChI=1S/C11H12N2O5S/c1-7-3-2-4-10(8(7)5-12)19(17,18)13-9(6-14)11(15)16/h2-4,9,13-14H,6H2,1H3,(H,15,16)/t9-/m1/s1. The zero-order valence-corrected chi connectivity index (χ0v) is 10.8. The average molecular weight is 284 g/mol.